The first-order chi connectivity index (χ1) is 9.83. The average molecular weight is 280 g/mol. The number of hydrogen-bond acceptors (Lipinski definition) is 4. The molecular weight excluding hydrogens is 252 g/mol. The summed E-state index contributed by atoms with van der Waals surface area (Å²) in [6.07, 6.45) is 7.36. The molecule has 0 aromatic heterocycles. The van der Waals surface area contributed by atoms with Crippen LogP contribution in [0.5, 0.6) is 0 Å². The van der Waals surface area contributed by atoms with E-state index < -0.39 is 0 Å². The molecule has 4 heteroatoms. The Hall–Kier alpha value is -0.450. The number of ether oxygens (including phenoxy) is 1. The Balaban J connectivity index is 1.42. The second-order valence-electron chi connectivity index (χ2n) is 6.62. The van der Waals surface area contributed by atoms with Crippen LogP contribution in [-0.2, 0) is 9.53 Å². The molecule has 0 radical (unpaired) electrons. The lowest BCUT2D eigenvalue weighted by atomic mass is 9.96. The molecule has 4 nitrogen and oxygen atoms in total. The second kappa shape index (κ2) is 7.01. The predicted molar refractivity (Wildman–Crippen MR) is 78.8 cm³/mol. The van der Waals surface area contributed by atoms with Crippen LogP contribution in [-0.4, -0.2) is 67.6 Å². The van der Waals surface area contributed by atoms with Crippen molar-refractivity contribution in [2.75, 3.05) is 45.9 Å². The predicted octanol–water partition coefficient (Wildman–Crippen LogP) is 1.54. The molecule has 0 saturated carbocycles. The first-order valence-electron chi connectivity index (χ1n) is 8.40. The minimum absolute atomic E-state index is 0.135. The molecule has 3 aliphatic heterocycles. The zero-order valence-corrected chi connectivity index (χ0v) is 12.6. The van der Waals surface area contributed by atoms with E-state index in [1.165, 1.54) is 45.2 Å². The first kappa shape index (κ1) is 14.5. The summed E-state index contributed by atoms with van der Waals surface area (Å²) in [6, 6.07) is 0.796. The zero-order valence-electron chi connectivity index (χ0n) is 12.6. The molecule has 0 aromatic rings. The molecule has 0 aromatic carbocycles. The molecule has 1 atom stereocenters. The molecule has 20 heavy (non-hydrogen) atoms. The summed E-state index contributed by atoms with van der Waals surface area (Å²) >= 11 is 0. The molecule has 0 spiro atoms. The number of carbonyl (C=O) groups excluding carboxylic acids is 1. The van der Waals surface area contributed by atoms with E-state index in [1.807, 2.05) is 0 Å². The van der Waals surface area contributed by atoms with Crippen LogP contribution in [0, 0.1) is 5.92 Å². The Morgan fingerprint density at radius 3 is 2.50 bits per heavy atom. The molecule has 3 aliphatic rings. The fraction of sp³-hybridized carbons (Fsp3) is 0.938. The normalized spacial score (nSPS) is 31.6. The van der Waals surface area contributed by atoms with Crippen molar-refractivity contribution in [3.8, 4) is 0 Å². The van der Waals surface area contributed by atoms with Crippen LogP contribution in [0.1, 0.15) is 38.5 Å². The standard InChI is InChI=1S/C16H28N2O2/c19-16-6-11-20-13-14(16)12-17-9-4-15(5-10-17)18-7-2-1-3-8-18/h14-15H,1-13H2. The van der Waals surface area contributed by atoms with E-state index in [9.17, 15) is 4.79 Å². The summed E-state index contributed by atoms with van der Waals surface area (Å²) in [5.74, 6) is 0.546. The Labute approximate surface area is 122 Å². The summed E-state index contributed by atoms with van der Waals surface area (Å²) in [4.78, 5) is 17.1. The van der Waals surface area contributed by atoms with Gasteiger partial charge in [-0.1, -0.05) is 6.42 Å². The molecule has 0 aliphatic carbocycles. The molecule has 3 heterocycles. The largest absolute Gasteiger partial charge is 0.380 e. The highest BCUT2D eigenvalue weighted by molar-refractivity contribution is 5.82. The van der Waals surface area contributed by atoms with Crippen molar-refractivity contribution in [1.82, 2.24) is 9.80 Å². The monoisotopic (exact) mass is 280 g/mol. The van der Waals surface area contributed by atoms with E-state index in [2.05, 4.69) is 9.80 Å². The minimum atomic E-state index is 0.135. The van der Waals surface area contributed by atoms with Gasteiger partial charge in [0, 0.05) is 19.0 Å². The van der Waals surface area contributed by atoms with Gasteiger partial charge in [-0.3, -0.25) is 4.79 Å². The third-order valence-corrected chi connectivity index (χ3v) is 5.21. The Morgan fingerprint density at radius 2 is 1.80 bits per heavy atom. The van der Waals surface area contributed by atoms with E-state index >= 15 is 0 Å². The quantitative estimate of drug-likeness (QED) is 0.785. The lowest BCUT2D eigenvalue weighted by molar-refractivity contribution is -0.131. The van der Waals surface area contributed by atoms with Crippen LogP contribution >= 0.6 is 0 Å². The highest BCUT2D eigenvalue weighted by Gasteiger charge is 2.29. The molecule has 0 bridgehead atoms. The van der Waals surface area contributed by atoms with E-state index in [4.69, 9.17) is 4.74 Å². The van der Waals surface area contributed by atoms with Gasteiger partial charge in [-0.05, 0) is 51.9 Å². The highest BCUT2D eigenvalue weighted by Crippen LogP contribution is 2.22. The van der Waals surface area contributed by atoms with Crippen LogP contribution in [0.4, 0.5) is 0 Å². The highest BCUT2D eigenvalue weighted by atomic mass is 16.5. The van der Waals surface area contributed by atoms with Crippen molar-refractivity contribution >= 4 is 5.78 Å². The number of piperidine rings is 2. The van der Waals surface area contributed by atoms with Gasteiger partial charge in [0.05, 0.1) is 19.1 Å². The molecule has 114 valence electrons. The topological polar surface area (TPSA) is 32.8 Å². The SMILES string of the molecule is O=C1CCOCC1CN1CCC(N2CCCCC2)CC1. The maximum Gasteiger partial charge on any atom is 0.141 e. The number of Topliss-reactive ketones (excluding diaryl/α,β-unsaturated/α-hetero) is 1. The Morgan fingerprint density at radius 1 is 1.05 bits per heavy atom. The number of carbonyl (C=O) groups is 1. The van der Waals surface area contributed by atoms with Crippen LogP contribution < -0.4 is 0 Å². The fourth-order valence-corrected chi connectivity index (χ4v) is 3.91. The third kappa shape index (κ3) is 3.60. The van der Waals surface area contributed by atoms with Gasteiger partial charge in [0.25, 0.3) is 0 Å². The van der Waals surface area contributed by atoms with Crippen molar-refractivity contribution in [1.29, 1.82) is 0 Å². The average Bonchev–Trinajstić information content (AvgIpc) is 2.51. The maximum absolute atomic E-state index is 11.9. The van der Waals surface area contributed by atoms with Crippen molar-refractivity contribution < 1.29 is 9.53 Å². The van der Waals surface area contributed by atoms with Gasteiger partial charge in [-0.2, -0.15) is 0 Å². The summed E-state index contributed by atoms with van der Waals surface area (Å²) in [5.41, 5.74) is 0. The van der Waals surface area contributed by atoms with Crippen LogP contribution in [0.3, 0.4) is 0 Å². The molecule has 3 rings (SSSR count). The second-order valence-corrected chi connectivity index (χ2v) is 6.62. The summed E-state index contributed by atoms with van der Waals surface area (Å²) in [6.45, 7) is 7.12. The zero-order chi connectivity index (χ0) is 13.8. The van der Waals surface area contributed by atoms with Gasteiger partial charge in [-0.25, -0.2) is 0 Å². The van der Waals surface area contributed by atoms with E-state index in [-0.39, 0.29) is 5.92 Å². The van der Waals surface area contributed by atoms with Crippen LogP contribution in [0.2, 0.25) is 0 Å². The van der Waals surface area contributed by atoms with Gasteiger partial charge >= 0.3 is 0 Å². The third-order valence-electron chi connectivity index (χ3n) is 5.21. The molecule has 1 unspecified atom stereocenters. The smallest absolute Gasteiger partial charge is 0.141 e. The van der Waals surface area contributed by atoms with Crippen LogP contribution in [0.25, 0.3) is 0 Å². The van der Waals surface area contributed by atoms with Crippen molar-refractivity contribution in [2.45, 2.75) is 44.6 Å². The Bertz CT molecular complexity index is 320. The van der Waals surface area contributed by atoms with E-state index in [0.717, 1.165) is 25.7 Å². The molecule has 3 saturated heterocycles. The van der Waals surface area contributed by atoms with Crippen molar-refractivity contribution in [3.05, 3.63) is 0 Å². The Kier molecular flexibility index (Phi) is 5.08. The first-order valence-corrected chi connectivity index (χ1v) is 8.40. The summed E-state index contributed by atoms with van der Waals surface area (Å²) in [5, 5.41) is 0. The number of ketones is 1. The minimum Gasteiger partial charge on any atom is -0.380 e. The number of rotatable bonds is 3. The maximum atomic E-state index is 11.9. The van der Waals surface area contributed by atoms with Crippen molar-refractivity contribution in [3.63, 3.8) is 0 Å². The van der Waals surface area contributed by atoms with Crippen molar-refractivity contribution in [2.24, 2.45) is 5.92 Å². The lowest BCUT2D eigenvalue weighted by Crippen LogP contribution is -2.48. The molecular formula is C16H28N2O2. The van der Waals surface area contributed by atoms with Gasteiger partial charge in [-0.15, -0.1) is 0 Å². The lowest BCUT2D eigenvalue weighted by Gasteiger charge is -2.41. The summed E-state index contributed by atoms with van der Waals surface area (Å²) in [7, 11) is 0. The number of hydrogen-bond donors (Lipinski definition) is 0. The molecule has 0 N–H and O–H groups in total. The van der Waals surface area contributed by atoms with Gasteiger partial charge in [0.1, 0.15) is 5.78 Å². The number of likely N-dealkylation sites (tertiary alicyclic amines) is 2. The van der Waals surface area contributed by atoms with Gasteiger partial charge < -0.3 is 14.5 Å². The van der Waals surface area contributed by atoms with Gasteiger partial charge in [0.2, 0.25) is 0 Å². The fourth-order valence-electron chi connectivity index (χ4n) is 3.91. The molecule has 0 amide bonds. The molecule has 3 fully saturated rings. The number of nitrogens with zero attached hydrogens (tertiary/aromatic N) is 2. The summed E-state index contributed by atoms with van der Waals surface area (Å²) < 4.78 is 5.45. The van der Waals surface area contributed by atoms with E-state index in [1.54, 1.807) is 0 Å². The van der Waals surface area contributed by atoms with Crippen LogP contribution in [0.15, 0.2) is 0 Å². The van der Waals surface area contributed by atoms with Gasteiger partial charge in [0.15, 0.2) is 0 Å². The van der Waals surface area contributed by atoms with E-state index in [0.29, 0.717) is 25.4 Å².